The van der Waals surface area contributed by atoms with Gasteiger partial charge in [0.2, 0.25) is 0 Å². The van der Waals surface area contributed by atoms with Gasteiger partial charge in [0, 0.05) is 43.2 Å². The first kappa shape index (κ1) is 13.3. The minimum absolute atomic E-state index is 0.558. The average Bonchev–Trinajstić information content (AvgIpc) is 2.96. The third-order valence-electron chi connectivity index (χ3n) is 4.12. The van der Waals surface area contributed by atoms with Crippen molar-refractivity contribution in [1.29, 1.82) is 0 Å². The third kappa shape index (κ3) is 2.61. The lowest BCUT2D eigenvalue weighted by Gasteiger charge is -2.29. The Morgan fingerprint density at radius 3 is 3.00 bits per heavy atom. The minimum atomic E-state index is 0.558. The highest BCUT2D eigenvalue weighted by Crippen LogP contribution is 2.26. The van der Waals surface area contributed by atoms with E-state index in [4.69, 9.17) is 0 Å². The smallest absolute Gasteiger partial charge is 0.112 e. The molecule has 4 heteroatoms. The van der Waals surface area contributed by atoms with Crippen molar-refractivity contribution < 1.29 is 0 Å². The van der Waals surface area contributed by atoms with Crippen LogP contribution in [0, 0.1) is 0 Å². The van der Waals surface area contributed by atoms with Gasteiger partial charge in [0.05, 0.1) is 5.69 Å². The summed E-state index contributed by atoms with van der Waals surface area (Å²) in [6.45, 7) is 4.45. The van der Waals surface area contributed by atoms with Crippen molar-refractivity contribution in [2.75, 3.05) is 20.1 Å². The van der Waals surface area contributed by atoms with Crippen molar-refractivity contribution >= 4 is 0 Å². The van der Waals surface area contributed by atoms with Crippen molar-refractivity contribution in [3.05, 3.63) is 42.2 Å². The third-order valence-corrected chi connectivity index (χ3v) is 4.12. The maximum Gasteiger partial charge on any atom is 0.112 e. The van der Waals surface area contributed by atoms with Crippen LogP contribution in [0.25, 0.3) is 5.69 Å². The lowest BCUT2D eigenvalue weighted by Crippen LogP contribution is -2.31. The quantitative estimate of drug-likeness (QED) is 0.860. The van der Waals surface area contributed by atoms with Crippen LogP contribution in [0.4, 0.5) is 0 Å². The summed E-state index contributed by atoms with van der Waals surface area (Å²) in [4.78, 5) is 11.4. The second kappa shape index (κ2) is 5.75. The lowest BCUT2D eigenvalue weighted by atomic mass is 9.94. The lowest BCUT2D eigenvalue weighted by molar-refractivity contribution is 0.248. The van der Waals surface area contributed by atoms with E-state index in [0.717, 1.165) is 18.8 Å². The Labute approximate surface area is 120 Å². The van der Waals surface area contributed by atoms with E-state index < -0.39 is 0 Å². The van der Waals surface area contributed by atoms with Gasteiger partial charge in [0.1, 0.15) is 5.82 Å². The Morgan fingerprint density at radius 1 is 1.30 bits per heavy atom. The van der Waals surface area contributed by atoms with Crippen LogP contribution < -0.4 is 0 Å². The number of rotatable bonds is 3. The standard InChI is InChI=1S/C16H22N4/c1-3-16-18-8-10-20(16)14-6-7-17-15(11-14)13-5-4-9-19(2)12-13/h6-8,10-11,13H,3-5,9,12H2,1-2H3/t13-/m1/s1. The van der Waals surface area contributed by atoms with Gasteiger partial charge in [-0.05, 0) is 38.6 Å². The topological polar surface area (TPSA) is 34.0 Å². The Bertz CT molecular complexity index is 575. The number of nitrogens with zero attached hydrogens (tertiary/aromatic N) is 4. The number of aryl methyl sites for hydroxylation is 1. The number of likely N-dealkylation sites (tertiary alicyclic amines) is 1. The Kier molecular flexibility index (Phi) is 3.83. The van der Waals surface area contributed by atoms with Gasteiger partial charge in [0.25, 0.3) is 0 Å². The average molecular weight is 270 g/mol. The molecule has 20 heavy (non-hydrogen) atoms. The summed E-state index contributed by atoms with van der Waals surface area (Å²) < 4.78 is 2.16. The van der Waals surface area contributed by atoms with E-state index in [0.29, 0.717) is 5.92 Å². The minimum Gasteiger partial charge on any atom is -0.306 e. The predicted molar refractivity (Wildman–Crippen MR) is 80.2 cm³/mol. The zero-order valence-corrected chi connectivity index (χ0v) is 12.3. The fraction of sp³-hybridized carbons (Fsp3) is 0.500. The molecular weight excluding hydrogens is 248 g/mol. The second-order valence-electron chi connectivity index (χ2n) is 5.61. The highest BCUT2D eigenvalue weighted by molar-refractivity contribution is 5.35. The van der Waals surface area contributed by atoms with Crippen LogP contribution in [-0.2, 0) is 6.42 Å². The van der Waals surface area contributed by atoms with Crippen LogP contribution in [-0.4, -0.2) is 39.6 Å². The zero-order valence-electron chi connectivity index (χ0n) is 12.3. The number of piperidine rings is 1. The van der Waals surface area contributed by atoms with Crippen LogP contribution in [0.3, 0.4) is 0 Å². The van der Waals surface area contributed by atoms with Gasteiger partial charge in [-0.1, -0.05) is 6.92 Å². The molecule has 1 aliphatic heterocycles. The molecule has 1 saturated heterocycles. The van der Waals surface area contributed by atoms with Gasteiger partial charge in [0.15, 0.2) is 0 Å². The summed E-state index contributed by atoms with van der Waals surface area (Å²) in [5.74, 6) is 1.66. The largest absolute Gasteiger partial charge is 0.306 e. The number of imidazole rings is 1. The molecule has 4 nitrogen and oxygen atoms in total. The monoisotopic (exact) mass is 270 g/mol. The maximum absolute atomic E-state index is 4.60. The molecule has 0 radical (unpaired) electrons. The molecule has 0 saturated carbocycles. The van der Waals surface area contributed by atoms with Crippen molar-refractivity contribution in [3.63, 3.8) is 0 Å². The fourth-order valence-corrected chi connectivity index (χ4v) is 3.05. The van der Waals surface area contributed by atoms with Crippen molar-refractivity contribution in [1.82, 2.24) is 19.4 Å². The highest BCUT2D eigenvalue weighted by Gasteiger charge is 2.20. The summed E-state index contributed by atoms with van der Waals surface area (Å²) in [6.07, 6.45) is 9.28. The molecule has 0 aliphatic carbocycles. The predicted octanol–water partition coefficient (Wildman–Crippen LogP) is 2.64. The number of aromatic nitrogens is 3. The Hall–Kier alpha value is -1.68. The van der Waals surface area contributed by atoms with E-state index in [1.54, 1.807) is 0 Å². The summed E-state index contributed by atoms with van der Waals surface area (Å²) in [5, 5.41) is 0. The molecule has 0 N–H and O–H groups in total. The number of likely N-dealkylation sites (N-methyl/N-ethyl adjacent to an activating group) is 1. The zero-order chi connectivity index (χ0) is 13.9. The van der Waals surface area contributed by atoms with Crippen molar-refractivity contribution in [3.8, 4) is 5.69 Å². The van der Waals surface area contributed by atoms with Crippen molar-refractivity contribution in [2.45, 2.75) is 32.1 Å². The van der Waals surface area contributed by atoms with Crippen LogP contribution in [0.15, 0.2) is 30.7 Å². The first-order valence-corrected chi connectivity index (χ1v) is 7.45. The summed E-state index contributed by atoms with van der Waals surface area (Å²) in [6, 6.07) is 4.29. The molecule has 1 aliphatic rings. The van der Waals surface area contributed by atoms with Gasteiger partial charge >= 0.3 is 0 Å². The van der Waals surface area contributed by atoms with E-state index in [2.05, 4.69) is 45.5 Å². The van der Waals surface area contributed by atoms with E-state index in [9.17, 15) is 0 Å². The summed E-state index contributed by atoms with van der Waals surface area (Å²) in [7, 11) is 2.20. The van der Waals surface area contributed by atoms with Crippen molar-refractivity contribution in [2.24, 2.45) is 0 Å². The van der Waals surface area contributed by atoms with Crippen LogP contribution >= 0.6 is 0 Å². The molecule has 1 fully saturated rings. The molecule has 3 heterocycles. The summed E-state index contributed by atoms with van der Waals surface area (Å²) >= 11 is 0. The van der Waals surface area contributed by atoms with Gasteiger partial charge < -0.3 is 9.47 Å². The number of hydrogen-bond acceptors (Lipinski definition) is 3. The molecule has 0 bridgehead atoms. The van der Waals surface area contributed by atoms with E-state index in [1.165, 1.54) is 30.8 Å². The number of hydrogen-bond donors (Lipinski definition) is 0. The van der Waals surface area contributed by atoms with Gasteiger partial charge in [-0.25, -0.2) is 4.98 Å². The van der Waals surface area contributed by atoms with Crippen LogP contribution in [0.2, 0.25) is 0 Å². The van der Waals surface area contributed by atoms with Gasteiger partial charge in [-0.15, -0.1) is 0 Å². The van der Waals surface area contributed by atoms with Crippen LogP contribution in [0.1, 0.15) is 37.2 Å². The van der Waals surface area contributed by atoms with E-state index >= 15 is 0 Å². The molecule has 0 aromatic carbocycles. The maximum atomic E-state index is 4.60. The Morgan fingerprint density at radius 2 is 2.20 bits per heavy atom. The normalized spacial score (nSPS) is 20.2. The van der Waals surface area contributed by atoms with Gasteiger partial charge in [-0.3, -0.25) is 4.98 Å². The molecular formula is C16H22N4. The number of pyridine rings is 1. The molecule has 0 spiro atoms. The molecule has 2 aromatic rings. The van der Waals surface area contributed by atoms with E-state index in [-0.39, 0.29) is 0 Å². The van der Waals surface area contributed by atoms with Gasteiger partial charge in [-0.2, -0.15) is 0 Å². The Balaban J connectivity index is 1.89. The first-order valence-electron chi connectivity index (χ1n) is 7.45. The summed E-state index contributed by atoms with van der Waals surface area (Å²) in [5.41, 5.74) is 2.39. The molecule has 3 rings (SSSR count). The molecule has 0 unspecified atom stereocenters. The fourth-order valence-electron chi connectivity index (χ4n) is 3.05. The second-order valence-corrected chi connectivity index (χ2v) is 5.61. The molecule has 0 amide bonds. The molecule has 1 atom stereocenters. The highest BCUT2D eigenvalue weighted by atomic mass is 15.1. The van der Waals surface area contributed by atoms with E-state index in [1.807, 2.05) is 18.6 Å². The van der Waals surface area contributed by atoms with Crippen LogP contribution in [0.5, 0.6) is 0 Å². The SMILES string of the molecule is CCc1nccn1-c1ccnc([C@@H]2CCCN(C)C2)c1. The first-order chi connectivity index (χ1) is 9.78. The molecule has 2 aromatic heterocycles. The molecule has 106 valence electrons.